The molecule has 1 saturated carbocycles. The third-order valence-electron chi connectivity index (χ3n) is 8.43. The maximum Gasteiger partial charge on any atom is 0.163 e. The lowest BCUT2D eigenvalue weighted by Gasteiger charge is -2.21. The van der Waals surface area contributed by atoms with Crippen LogP contribution in [0, 0.1) is 12.3 Å². The van der Waals surface area contributed by atoms with Crippen molar-refractivity contribution in [3.63, 3.8) is 0 Å². The number of Topliss-reactive ketones (excluding diaryl/α,β-unsaturated/α-hetero) is 1. The van der Waals surface area contributed by atoms with Crippen LogP contribution in [0.5, 0.6) is 0 Å². The zero-order valence-corrected chi connectivity index (χ0v) is 23.7. The Kier molecular flexibility index (Phi) is 9.00. The van der Waals surface area contributed by atoms with Gasteiger partial charge in [0.1, 0.15) is 0 Å². The van der Waals surface area contributed by atoms with Gasteiger partial charge >= 0.3 is 0 Å². The topological polar surface area (TPSA) is 30.0 Å². The largest absolute Gasteiger partial charge is 0.294 e. The van der Waals surface area contributed by atoms with E-state index in [1.807, 2.05) is 12.3 Å². The minimum absolute atomic E-state index is 0.253. The van der Waals surface area contributed by atoms with E-state index in [9.17, 15) is 4.79 Å². The molecule has 0 aliphatic heterocycles. The lowest BCUT2D eigenvalue weighted by molar-refractivity contribution is -0.115. The first-order valence-electron chi connectivity index (χ1n) is 14.4. The number of allylic oxidation sites excluding steroid dienone is 4. The van der Waals surface area contributed by atoms with Gasteiger partial charge in [0.25, 0.3) is 0 Å². The van der Waals surface area contributed by atoms with Crippen LogP contribution in [0.25, 0.3) is 12.2 Å². The predicted octanol–water partition coefficient (Wildman–Crippen LogP) is 9.58. The number of benzene rings is 1. The Labute approximate surface area is 225 Å². The number of unbranched alkanes of at least 4 members (excludes halogenated alkanes) is 1. The van der Waals surface area contributed by atoms with Crippen LogP contribution in [0.2, 0.25) is 0 Å². The third-order valence-corrected chi connectivity index (χ3v) is 8.43. The first-order chi connectivity index (χ1) is 17.7. The highest BCUT2D eigenvalue weighted by atomic mass is 16.1. The molecule has 37 heavy (non-hydrogen) atoms. The lowest BCUT2D eigenvalue weighted by Crippen LogP contribution is -2.08. The predicted molar refractivity (Wildman–Crippen MR) is 158 cm³/mol. The van der Waals surface area contributed by atoms with Crippen LogP contribution < -0.4 is 0 Å². The molecule has 1 unspecified atom stereocenters. The van der Waals surface area contributed by atoms with Crippen LogP contribution in [-0.2, 0) is 11.2 Å². The van der Waals surface area contributed by atoms with E-state index < -0.39 is 0 Å². The smallest absolute Gasteiger partial charge is 0.163 e. The molecule has 0 N–H and O–H groups in total. The summed E-state index contributed by atoms with van der Waals surface area (Å²) < 4.78 is 0. The van der Waals surface area contributed by atoms with E-state index >= 15 is 0 Å². The second kappa shape index (κ2) is 12.2. The van der Waals surface area contributed by atoms with Crippen LogP contribution >= 0.6 is 0 Å². The van der Waals surface area contributed by atoms with Gasteiger partial charge in [-0.05, 0) is 117 Å². The van der Waals surface area contributed by atoms with E-state index in [1.165, 1.54) is 48.8 Å². The van der Waals surface area contributed by atoms with Crippen LogP contribution in [0.3, 0.4) is 0 Å². The maximum atomic E-state index is 13.2. The molecule has 0 saturated heterocycles. The molecule has 2 aromatic rings. The van der Waals surface area contributed by atoms with Gasteiger partial charge in [-0.3, -0.25) is 9.78 Å². The molecule has 1 heterocycles. The first-order valence-corrected chi connectivity index (χ1v) is 14.4. The molecule has 1 fully saturated rings. The van der Waals surface area contributed by atoms with Crippen molar-refractivity contribution in [2.45, 2.75) is 105 Å². The molecule has 2 nitrogen and oxygen atoms in total. The first kappa shape index (κ1) is 27.3. The number of aryl methyl sites for hydroxylation is 2. The highest BCUT2D eigenvalue weighted by Crippen LogP contribution is 2.37. The Bertz CT molecular complexity index is 1210. The monoisotopic (exact) mass is 495 g/mol. The van der Waals surface area contributed by atoms with Gasteiger partial charge in [0.15, 0.2) is 5.78 Å². The molecule has 1 aromatic heterocycles. The fraction of sp³-hybridized carbons (Fsp3) is 0.486. The Balaban J connectivity index is 1.33. The number of carbonyl (C=O) groups is 1. The van der Waals surface area contributed by atoms with Gasteiger partial charge in [-0.1, -0.05) is 62.8 Å². The number of carbonyl (C=O) groups excluding carboxylic acids is 1. The van der Waals surface area contributed by atoms with Crippen LogP contribution in [0.1, 0.15) is 119 Å². The second-order valence-corrected chi connectivity index (χ2v) is 12.2. The minimum Gasteiger partial charge on any atom is -0.294 e. The molecule has 2 heteroatoms. The zero-order valence-electron chi connectivity index (χ0n) is 23.7. The number of ketones is 1. The molecule has 2 aliphatic rings. The average Bonchev–Trinajstić information content (AvgIpc) is 3.04. The second-order valence-electron chi connectivity index (χ2n) is 12.2. The quantitative estimate of drug-likeness (QED) is 0.283. The molecule has 0 amide bonds. The van der Waals surface area contributed by atoms with E-state index in [0.717, 1.165) is 48.1 Å². The summed E-state index contributed by atoms with van der Waals surface area (Å²) >= 11 is 0. The lowest BCUT2D eigenvalue weighted by atomic mass is 9.85. The average molecular weight is 496 g/mol. The highest BCUT2D eigenvalue weighted by molar-refractivity contribution is 6.03. The Morgan fingerprint density at radius 2 is 1.95 bits per heavy atom. The van der Waals surface area contributed by atoms with E-state index in [2.05, 4.69) is 82.1 Å². The highest BCUT2D eigenvalue weighted by Gasteiger charge is 2.21. The number of pyridine rings is 1. The molecule has 196 valence electrons. The van der Waals surface area contributed by atoms with Gasteiger partial charge < -0.3 is 0 Å². The van der Waals surface area contributed by atoms with E-state index in [0.29, 0.717) is 17.8 Å². The van der Waals surface area contributed by atoms with Crippen molar-refractivity contribution in [1.29, 1.82) is 0 Å². The molecule has 1 atom stereocenters. The van der Waals surface area contributed by atoms with Crippen molar-refractivity contribution < 1.29 is 4.79 Å². The van der Waals surface area contributed by atoms with E-state index in [1.54, 1.807) is 5.57 Å². The van der Waals surface area contributed by atoms with Crippen molar-refractivity contribution >= 4 is 17.9 Å². The summed E-state index contributed by atoms with van der Waals surface area (Å²) in [6.07, 6.45) is 19.5. The Hall–Kier alpha value is -2.74. The molecule has 1 aromatic carbocycles. The SMILES string of the molecule is CC1=C\CC(C)c2ncccc2/C=C\1C(=O)CCCCc1ccc(/C=C2/CCCC(C)(C)CC2)c(C)c1. The molecule has 2 aliphatic carbocycles. The van der Waals surface area contributed by atoms with Gasteiger partial charge in [0.2, 0.25) is 0 Å². The normalized spacial score (nSPS) is 23.6. The number of nitrogens with zero attached hydrogens (tertiary/aromatic N) is 1. The number of rotatable bonds is 7. The molecular weight excluding hydrogens is 450 g/mol. The fourth-order valence-electron chi connectivity index (χ4n) is 5.82. The summed E-state index contributed by atoms with van der Waals surface area (Å²) in [5.74, 6) is 0.618. The summed E-state index contributed by atoms with van der Waals surface area (Å²) in [7, 11) is 0. The van der Waals surface area contributed by atoms with Crippen LogP contribution in [-0.4, -0.2) is 10.8 Å². The summed E-state index contributed by atoms with van der Waals surface area (Å²) in [5, 5.41) is 0. The standard InChI is InChI=1S/C35H45NO/c1-25-14-15-26(2)34-31(12-9-21-36-34)24-32(25)33(37)13-7-6-10-28-16-17-30(27(3)22-28)23-29-11-8-19-35(4,5)20-18-29/h9,12,14,16-17,21-24,26H,6-8,10-11,13,15,18-20H2,1-5H3/b25-14+,29-23-,32-24+. The number of hydrogen-bond acceptors (Lipinski definition) is 2. The Morgan fingerprint density at radius 3 is 2.76 bits per heavy atom. The van der Waals surface area contributed by atoms with E-state index in [-0.39, 0.29) is 5.78 Å². The maximum absolute atomic E-state index is 13.2. The zero-order chi connectivity index (χ0) is 26.4. The van der Waals surface area contributed by atoms with Gasteiger partial charge in [-0.15, -0.1) is 0 Å². The van der Waals surface area contributed by atoms with Crippen LogP contribution in [0.15, 0.2) is 59.3 Å². The van der Waals surface area contributed by atoms with Crippen molar-refractivity contribution in [3.8, 4) is 0 Å². The third kappa shape index (κ3) is 7.40. The summed E-state index contributed by atoms with van der Waals surface area (Å²) in [6, 6.07) is 11.0. The van der Waals surface area contributed by atoms with E-state index in [4.69, 9.17) is 0 Å². The fourth-order valence-corrected chi connectivity index (χ4v) is 5.82. The van der Waals surface area contributed by atoms with Crippen molar-refractivity contribution in [2.24, 2.45) is 5.41 Å². The number of fused-ring (bicyclic) bond motifs is 1. The van der Waals surface area contributed by atoms with Gasteiger partial charge in [0.05, 0.1) is 5.69 Å². The molecular formula is C35H45NO. The molecule has 0 spiro atoms. The minimum atomic E-state index is 0.253. The molecule has 0 bridgehead atoms. The summed E-state index contributed by atoms with van der Waals surface area (Å²) in [5.41, 5.74) is 10.3. The Morgan fingerprint density at radius 1 is 1.11 bits per heavy atom. The molecule has 0 radical (unpaired) electrons. The number of aromatic nitrogens is 1. The van der Waals surface area contributed by atoms with Crippen molar-refractivity contribution in [2.75, 3.05) is 0 Å². The van der Waals surface area contributed by atoms with Crippen molar-refractivity contribution in [3.05, 3.63) is 87.3 Å². The summed E-state index contributed by atoms with van der Waals surface area (Å²) in [6.45, 7) is 11.3. The van der Waals surface area contributed by atoms with Gasteiger partial charge in [-0.2, -0.15) is 0 Å². The molecule has 4 rings (SSSR count). The number of hydrogen-bond donors (Lipinski definition) is 0. The van der Waals surface area contributed by atoms with Gasteiger partial charge in [0, 0.05) is 24.1 Å². The van der Waals surface area contributed by atoms with Crippen molar-refractivity contribution in [1.82, 2.24) is 4.98 Å². The van der Waals surface area contributed by atoms with Crippen LogP contribution in [0.4, 0.5) is 0 Å². The summed E-state index contributed by atoms with van der Waals surface area (Å²) in [4.78, 5) is 17.8. The van der Waals surface area contributed by atoms with Gasteiger partial charge in [-0.25, -0.2) is 0 Å².